The van der Waals surface area contributed by atoms with E-state index in [0.29, 0.717) is 30.8 Å². The number of hydrogen-bond acceptors (Lipinski definition) is 7. The summed E-state index contributed by atoms with van der Waals surface area (Å²) in [6.45, 7) is -0.368. The number of hydrogen-bond donors (Lipinski definition) is 3. The minimum atomic E-state index is -1.18. The topological polar surface area (TPSA) is 134 Å². The lowest BCUT2D eigenvalue weighted by molar-refractivity contribution is -0.141. The first-order valence-corrected chi connectivity index (χ1v) is 13.9. The van der Waals surface area contributed by atoms with E-state index in [1.54, 1.807) is 16.2 Å². The highest BCUT2D eigenvalue weighted by molar-refractivity contribution is 7.15. The zero-order valence-electron chi connectivity index (χ0n) is 21.4. The number of carbonyl (C=O) groups is 4. The minimum absolute atomic E-state index is 0.0958. The summed E-state index contributed by atoms with van der Waals surface area (Å²) >= 11 is 1.59. The van der Waals surface area contributed by atoms with Crippen LogP contribution in [0.15, 0.2) is 54.6 Å². The van der Waals surface area contributed by atoms with Crippen molar-refractivity contribution < 1.29 is 33.8 Å². The van der Waals surface area contributed by atoms with Gasteiger partial charge >= 0.3 is 5.97 Å². The second kappa shape index (κ2) is 10.6. The number of carboxylic acid groups (broad SMARTS) is 1. The smallest absolute Gasteiger partial charge is 0.322 e. The summed E-state index contributed by atoms with van der Waals surface area (Å²) in [4.78, 5) is 54.4. The fourth-order valence-electron chi connectivity index (χ4n) is 5.58. The third kappa shape index (κ3) is 5.00. The first kappa shape index (κ1) is 25.9. The molecule has 10 nitrogen and oxygen atoms in total. The summed E-state index contributed by atoms with van der Waals surface area (Å²) in [5.74, 6) is -0.922. The lowest BCUT2D eigenvalue weighted by Gasteiger charge is -2.37. The predicted octanol–water partition coefficient (Wildman–Crippen LogP) is 2.66. The number of rotatable bonds is 8. The molecule has 206 valence electrons. The maximum atomic E-state index is 13.7. The van der Waals surface area contributed by atoms with Gasteiger partial charge in [-0.2, -0.15) is 0 Å². The van der Waals surface area contributed by atoms with Gasteiger partial charge < -0.3 is 30.1 Å². The van der Waals surface area contributed by atoms with Crippen LogP contribution in [-0.2, 0) is 32.0 Å². The number of aliphatic carboxylic acids is 1. The molecule has 3 aliphatic heterocycles. The van der Waals surface area contributed by atoms with Gasteiger partial charge in [0.2, 0.25) is 24.5 Å². The fraction of sp³-hybridized carbons (Fsp3) is 0.310. The van der Waals surface area contributed by atoms with Gasteiger partial charge in [-0.1, -0.05) is 30.3 Å². The van der Waals surface area contributed by atoms with Gasteiger partial charge in [0.05, 0.1) is 6.04 Å². The molecular formula is C29H27N3O7S. The summed E-state index contributed by atoms with van der Waals surface area (Å²) in [6.07, 6.45) is 1.46. The van der Waals surface area contributed by atoms with E-state index in [0.717, 1.165) is 26.4 Å². The minimum Gasteiger partial charge on any atom is -0.480 e. The van der Waals surface area contributed by atoms with E-state index in [-0.39, 0.29) is 25.2 Å². The third-order valence-corrected chi connectivity index (χ3v) is 8.68. The van der Waals surface area contributed by atoms with Gasteiger partial charge in [0, 0.05) is 29.0 Å². The van der Waals surface area contributed by atoms with Gasteiger partial charge in [-0.15, -0.1) is 11.3 Å². The number of amides is 3. The Labute approximate surface area is 233 Å². The Morgan fingerprint density at radius 3 is 2.67 bits per heavy atom. The summed E-state index contributed by atoms with van der Waals surface area (Å²) in [5, 5.41) is 14.2. The zero-order chi connectivity index (χ0) is 27.8. The van der Waals surface area contributed by atoms with Gasteiger partial charge in [0.15, 0.2) is 11.5 Å². The van der Waals surface area contributed by atoms with Crippen molar-refractivity contribution in [3.8, 4) is 21.9 Å². The van der Waals surface area contributed by atoms with Gasteiger partial charge in [0.1, 0.15) is 18.6 Å². The summed E-state index contributed by atoms with van der Waals surface area (Å²) in [5.41, 5.74) is 2.83. The molecule has 0 saturated carbocycles. The van der Waals surface area contributed by atoms with Crippen molar-refractivity contribution in [3.05, 3.63) is 70.6 Å². The Bertz CT molecular complexity index is 1490. The second-order valence-electron chi connectivity index (χ2n) is 10.00. The van der Waals surface area contributed by atoms with E-state index < -0.39 is 36.4 Å². The average Bonchev–Trinajstić information content (AvgIpc) is 3.69. The van der Waals surface area contributed by atoms with Crippen LogP contribution in [0.1, 0.15) is 34.9 Å². The van der Waals surface area contributed by atoms with Crippen LogP contribution in [0, 0.1) is 0 Å². The van der Waals surface area contributed by atoms with Crippen molar-refractivity contribution >= 4 is 35.0 Å². The average molecular weight is 562 g/mol. The van der Waals surface area contributed by atoms with Crippen LogP contribution in [-0.4, -0.2) is 59.1 Å². The van der Waals surface area contributed by atoms with Crippen LogP contribution in [0.5, 0.6) is 11.5 Å². The number of thiophene rings is 1. The van der Waals surface area contributed by atoms with Gasteiger partial charge in [0.25, 0.3) is 0 Å². The first-order valence-electron chi connectivity index (χ1n) is 13.0. The van der Waals surface area contributed by atoms with Gasteiger partial charge in [-0.25, -0.2) is 0 Å². The largest absolute Gasteiger partial charge is 0.480 e. The zero-order valence-corrected chi connectivity index (χ0v) is 22.2. The van der Waals surface area contributed by atoms with E-state index in [2.05, 4.69) is 16.7 Å². The molecule has 1 aromatic heterocycles. The van der Waals surface area contributed by atoms with E-state index in [1.165, 1.54) is 0 Å². The van der Waals surface area contributed by atoms with Crippen molar-refractivity contribution in [2.75, 3.05) is 13.3 Å². The third-order valence-electron chi connectivity index (χ3n) is 7.46. The van der Waals surface area contributed by atoms with Crippen LogP contribution < -0.4 is 20.1 Å². The Balaban J connectivity index is 1.26. The quantitative estimate of drug-likeness (QED) is 0.385. The maximum Gasteiger partial charge on any atom is 0.322 e. The molecule has 1 saturated heterocycles. The Morgan fingerprint density at radius 1 is 1.07 bits per heavy atom. The van der Waals surface area contributed by atoms with E-state index in [1.807, 2.05) is 48.5 Å². The molecule has 2 aromatic carbocycles. The number of nitrogens with one attached hydrogen (secondary N) is 2. The first-order chi connectivity index (χ1) is 19.4. The summed E-state index contributed by atoms with van der Waals surface area (Å²) in [7, 11) is 0. The molecule has 3 aliphatic rings. The van der Waals surface area contributed by atoms with Crippen molar-refractivity contribution in [2.24, 2.45) is 0 Å². The molecule has 0 aliphatic carbocycles. The Hall–Kier alpha value is -4.38. The van der Waals surface area contributed by atoms with Gasteiger partial charge in [-0.3, -0.25) is 19.2 Å². The Kier molecular flexibility index (Phi) is 6.89. The highest BCUT2D eigenvalue weighted by Crippen LogP contribution is 2.47. The SMILES string of the molecule is O=C(O)CNC(=O)[C@H](Cc1ccccc1)NC(=O)[C@@H]1Cc2sc(-c3ccc4c(c3)OCO4)cc2[C@H]2CCC(=O)N21. The highest BCUT2D eigenvalue weighted by atomic mass is 32.1. The lowest BCUT2D eigenvalue weighted by Crippen LogP contribution is -2.57. The monoisotopic (exact) mass is 561 g/mol. The van der Waals surface area contributed by atoms with Crippen LogP contribution in [0.2, 0.25) is 0 Å². The molecule has 3 amide bonds. The lowest BCUT2D eigenvalue weighted by atomic mass is 9.93. The van der Waals surface area contributed by atoms with E-state index in [4.69, 9.17) is 14.6 Å². The highest BCUT2D eigenvalue weighted by Gasteiger charge is 2.46. The van der Waals surface area contributed by atoms with Gasteiger partial charge in [-0.05, 0) is 47.4 Å². The molecule has 4 heterocycles. The molecule has 0 bridgehead atoms. The molecule has 6 rings (SSSR count). The van der Waals surface area contributed by atoms with Crippen molar-refractivity contribution in [2.45, 2.75) is 43.8 Å². The summed E-state index contributed by atoms with van der Waals surface area (Å²) < 4.78 is 11.0. The van der Waals surface area contributed by atoms with E-state index in [9.17, 15) is 19.2 Å². The molecule has 3 N–H and O–H groups in total. The molecule has 3 atom stereocenters. The molecule has 11 heteroatoms. The maximum absolute atomic E-state index is 13.7. The number of ether oxygens (including phenoxy) is 2. The molecule has 0 unspecified atom stereocenters. The standard InChI is InChI=1S/C29H27N3O7S/c33-26-9-7-20-18-12-24(17-6-8-22-23(11-17)39-15-38-22)40-25(18)13-21(32(20)26)29(37)31-19(28(36)30-14-27(34)35)10-16-4-2-1-3-5-16/h1-6,8,11-12,19-21H,7,9-10,13-15H2,(H,30,36)(H,31,37)(H,34,35)/t19-,20+,21-/m0/s1. The number of carboxylic acids is 1. The fourth-order valence-corrected chi connectivity index (χ4v) is 6.83. The molecule has 1 fully saturated rings. The molecular weight excluding hydrogens is 534 g/mol. The molecule has 0 radical (unpaired) electrons. The van der Waals surface area contributed by atoms with Crippen LogP contribution in [0.4, 0.5) is 0 Å². The normalized spacial score (nSPS) is 19.5. The van der Waals surface area contributed by atoms with Crippen LogP contribution in [0.25, 0.3) is 10.4 Å². The van der Waals surface area contributed by atoms with Crippen LogP contribution >= 0.6 is 11.3 Å². The number of fused-ring (bicyclic) bond motifs is 4. The number of benzene rings is 2. The van der Waals surface area contributed by atoms with Crippen LogP contribution in [0.3, 0.4) is 0 Å². The molecule has 40 heavy (non-hydrogen) atoms. The summed E-state index contributed by atoms with van der Waals surface area (Å²) in [6, 6.07) is 15.0. The van der Waals surface area contributed by atoms with Crippen molar-refractivity contribution in [1.29, 1.82) is 0 Å². The second-order valence-corrected chi connectivity index (χ2v) is 11.1. The molecule has 0 spiro atoms. The number of carbonyl (C=O) groups excluding carboxylic acids is 3. The molecule has 3 aromatic rings. The number of nitrogens with zero attached hydrogens (tertiary/aromatic N) is 1. The van der Waals surface area contributed by atoms with Crippen molar-refractivity contribution in [3.63, 3.8) is 0 Å². The van der Waals surface area contributed by atoms with Crippen molar-refractivity contribution in [1.82, 2.24) is 15.5 Å². The predicted molar refractivity (Wildman–Crippen MR) is 145 cm³/mol. The van der Waals surface area contributed by atoms with E-state index >= 15 is 0 Å². The Morgan fingerprint density at radius 2 is 1.88 bits per heavy atom.